The van der Waals surface area contributed by atoms with Crippen LogP contribution in [-0.4, -0.2) is 18.4 Å². The van der Waals surface area contributed by atoms with Gasteiger partial charge >= 0.3 is 5.22 Å². The number of pyridine rings is 1. The van der Waals surface area contributed by atoms with E-state index in [0.29, 0.717) is 22.5 Å². The van der Waals surface area contributed by atoms with Gasteiger partial charge in [-0.1, -0.05) is 0 Å². The maximum Gasteiger partial charge on any atom is 0.316 e. The van der Waals surface area contributed by atoms with E-state index in [4.69, 9.17) is 10.2 Å². The second-order valence-corrected chi connectivity index (χ2v) is 7.22. The lowest BCUT2D eigenvalue weighted by atomic mass is 10.3. The maximum atomic E-state index is 12.3. The van der Waals surface area contributed by atoms with Gasteiger partial charge in [-0.25, -0.2) is 8.42 Å². The van der Waals surface area contributed by atoms with Crippen molar-refractivity contribution in [3.05, 3.63) is 46.7 Å². The standard InChI is InChI=1S/C13H10BrN3O3S/c14-8-1-3-10(16-6-8)7-21(18,19)13-17-11-5-9(15)2-4-12(11)20-13/h1-6H,7,15H2. The number of oxazole rings is 1. The third-order valence-electron chi connectivity index (χ3n) is 2.78. The molecule has 0 amide bonds. The topological polar surface area (TPSA) is 99.1 Å². The van der Waals surface area contributed by atoms with Gasteiger partial charge in [-0.2, -0.15) is 4.98 Å². The average Bonchev–Trinajstić information content (AvgIpc) is 2.85. The van der Waals surface area contributed by atoms with Crippen LogP contribution in [0.4, 0.5) is 5.69 Å². The minimum Gasteiger partial charge on any atom is -0.428 e. The molecule has 2 aromatic heterocycles. The van der Waals surface area contributed by atoms with Gasteiger partial charge in [0.05, 0.1) is 5.69 Å². The van der Waals surface area contributed by atoms with Gasteiger partial charge in [-0.3, -0.25) is 4.98 Å². The minimum atomic E-state index is -3.70. The molecule has 1 aromatic carbocycles. The monoisotopic (exact) mass is 367 g/mol. The van der Waals surface area contributed by atoms with E-state index >= 15 is 0 Å². The van der Waals surface area contributed by atoms with E-state index in [1.807, 2.05) is 0 Å². The molecule has 21 heavy (non-hydrogen) atoms. The Morgan fingerprint density at radius 3 is 2.76 bits per heavy atom. The van der Waals surface area contributed by atoms with Crippen molar-refractivity contribution >= 4 is 42.6 Å². The molecule has 0 atom stereocenters. The summed E-state index contributed by atoms with van der Waals surface area (Å²) in [6.45, 7) is 0. The second kappa shape index (κ2) is 5.12. The summed E-state index contributed by atoms with van der Waals surface area (Å²) in [5.41, 5.74) is 7.34. The van der Waals surface area contributed by atoms with Crippen LogP contribution in [0.2, 0.25) is 0 Å². The second-order valence-electron chi connectivity index (χ2n) is 4.43. The van der Waals surface area contributed by atoms with Crippen molar-refractivity contribution < 1.29 is 12.8 Å². The summed E-state index contributed by atoms with van der Waals surface area (Å²) in [5.74, 6) is -0.275. The Hall–Kier alpha value is -1.93. The van der Waals surface area contributed by atoms with Crippen molar-refractivity contribution in [1.29, 1.82) is 0 Å². The number of hydrogen-bond donors (Lipinski definition) is 1. The molecule has 0 unspecified atom stereocenters. The van der Waals surface area contributed by atoms with Gasteiger partial charge in [0.25, 0.3) is 0 Å². The van der Waals surface area contributed by atoms with Crippen molar-refractivity contribution in [2.75, 3.05) is 5.73 Å². The highest BCUT2D eigenvalue weighted by atomic mass is 79.9. The molecule has 0 fully saturated rings. The smallest absolute Gasteiger partial charge is 0.316 e. The fourth-order valence-corrected chi connectivity index (χ4v) is 3.18. The van der Waals surface area contributed by atoms with Crippen LogP contribution in [-0.2, 0) is 15.6 Å². The average molecular weight is 368 g/mol. The number of nitrogen functional groups attached to an aromatic ring is 1. The molecule has 2 heterocycles. The number of halogens is 1. The molecule has 0 aliphatic carbocycles. The summed E-state index contributed by atoms with van der Waals surface area (Å²) in [7, 11) is -3.70. The van der Waals surface area contributed by atoms with Gasteiger partial charge in [0.15, 0.2) is 5.58 Å². The van der Waals surface area contributed by atoms with Crippen LogP contribution in [0.1, 0.15) is 5.69 Å². The summed E-state index contributed by atoms with van der Waals surface area (Å²) in [6, 6.07) is 8.14. The lowest BCUT2D eigenvalue weighted by molar-refractivity contribution is 0.458. The Balaban J connectivity index is 1.97. The van der Waals surface area contributed by atoms with Crippen LogP contribution < -0.4 is 5.73 Å². The molecule has 3 aromatic rings. The molecule has 0 saturated heterocycles. The minimum absolute atomic E-state index is 0.275. The number of aromatic nitrogens is 2. The molecule has 0 bridgehead atoms. The van der Waals surface area contributed by atoms with Gasteiger partial charge in [-0.15, -0.1) is 0 Å². The third-order valence-corrected chi connectivity index (χ3v) is 4.64. The van der Waals surface area contributed by atoms with Gasteiger partial charge in [-0.05, 0) is 46.3 Å². The Morgan fingerprint density at radius 2 is 2.05 bits per heavy atom. The Labute approximate surface area is 129 Å². The number of rotatable bonds is 3. The molecule has 0 spiro atoms. The molecule has 6 nitrogen and oxygen atoms in total. The van der Waals surface area contributed by atoms with Crippen LogP contribution in [0.3, 0.4) is 0 Å². The summed E-state index contributed by atoms with van der Waals surface area (Å²) < 4.78 is 30.7. The Bertz CT molecular complexity index is 904. The molecule has 0 aliphatic heterocycles. The molecule has 2 N–H and O–H groups in total. The van der Waals surface area contributed by atoms with E-state index in [0.717, 1.165) is 4.47 Å². The highest BCUT2D eigenvalue weighted by molar-refractivity contribution is 9.10. The van der Waals surface area contributed by atoms with E-state index in [9.17, 15) is 8.42 Å². The first-order valence-corrected chi connectivity index (χ1v) is 8.38. The lowest BCUT2D eigenvalue weighted by Gasteiger charge is -1.99. The SMILES string of the molecule is Nc1ccc2oc(S(=O)(=O)Cc3ccc(Br)cn3)nc2c1. The number of anilines is 1. The quantitative estimate of drug-likeness (QED) is 0.714. The van der Waals surface area contributed by atoms with Crippen LogP contribution in [0.15, 0.2) is 50.6 Å². The normalized spacial score (nSPS) is 11.9. The van der Waals surface area contributed by atoms with E-state index < -0.39 is 9.84 Å². The number of benzene rings is 1. The van der Waals surface area contributed by atoms with Crippen molar-refractivity contribution in [2.45, 2.75) is 11.0 Å². The van der Waals surface area contributed by atoms with Crippen LogP contribution in [0.25, 0.3) is 11.1 Å². The fraction of sp³-hybridized carbons (Fsp3) is 0.0769. The number of hydrogen-bond acceptors (Lipinski definition) is 6. The predicted octanol–water partition coefficient (Wildman–Crippen LogP) is 2.54. The predicted molar refractivity (Wildman–Crippen MR) is 81.2 cm³/mol. The molecule has 108 valence electrons. The number of sulfone groups is 1. The van der Waals surface area contributed by atoms with E-state index in [1.165, 1.54) is 6.20 Å². The van der Waals surface area contributed by atoms with Crippen molar-refractivity contribution in [1.82, 2.24) is 9.97 Å². The zero-order valence-electron chi connectivity index (χ0n) is 10.7. The molecule has 0 aliphatic rings. The molecule has 0 radical (unpaired) electrons. The van der Waals surface area contributed by atoms with Gasteiger partial charge in [0.1, 0.15) is 11.3 Å². The first kappa shape index (κ1) is 14.0. The Kier molecular flexibility index (Phi) is 3.42. The summed E-state index contributed by atoms with van der Waals surface area (Å²) in [4.78, 5) is 8.03. The number of nitrogens with two attached hydrogens (primary N) is 1. The zero-order chi connectivity index (χ0) is 15.0. The van der Waals surface area contributed by atoms with Gasteiger partial charge < -0.3 is 10.2 Å². The Morgan fingerprint density at radius 1 is 1.24 bits per heavy atom. The highest BCUT2D eigenvalue weighted by Crippen LogP contribution is 2.23. The van der Waals surface area contributed by atoms with E-state index in [-0.39, 0.29) is 11.0 Å². The number of nitrogens with zero attached hydrogens (tertiary/aromatic N) is 2. The van der Waals surface area contributed by atoms with Crippen LogP contribution in [0.5, 0.6) is 0 Å². The lowest BCUT2D eigenvalue weighted by Crippen LogP contribution is -2.06. The molecule has 8 heteroatoms. The van der Waals surface area contributed by atoms with E-state index in [1.54, 1.807) is 30.3 Å². The van der Waals surface area contributed by atoms with Crippen molar-refractivity contribution in [3.63, 3.8) is 0 Å². The largest absolute Gasteiger partial charge is 0.428 e. The van der Waals surface area contributed by atoms with Crippen LogP contribution in [0, 0.1) is 0 Å². The third kappa shape index (κ3) is 2.91. The molecular weight excluding hydrogens is 358 g/mol. The molecular formula is C13H10BrN3O3S. The number of fused-ring (bicyclic) bond motifs is 1. The van der Waals surface area contributed by atoms with Crippen LogP contribution >= 0.6 is 15.9 Å². The van der Waals surface area contributed by atoms with E-state index in [2.05, 4.69) is 25.9 Å². The molecule has 0 saturated carbocycles. The first-order chi connectivity index (χ1) is 9.94. The molecule has 3 rings (SSSR count). The van der Waals surface area contributed by atoms with Gasteiger partial charge in [0.2, 0.25) is 9.84 Å². The highest BCUT2D eigenvalue weighted by Gasteiger charge is 2.23. The summed E-state index contributed by atoms with van der Waals surface area (Å²) in [5, 5.41) is -0.326. The summed E-state index contributed by atoms with van der Waals surface area (Å²) >= 11 is 3.25. The maximum absolute atomic E-state index is 12.3. The summed E-state index contributed by atoms with van der Waals surface area (Å²) in [6.07, 6.45) is 1.54. The van der Waals surface area contributed by atoms with Gasteiger partial charge in [0, 0.05) is 16.4 Å². The first-order valence-electron chi connectivity index (χ1n) is 5.93. The van der Waals surface area contributed by atoms with Crippen molar-refractivity contribution in [3.8, 4) is 0 Å². The van der Waals surface area contributed by atoms with Crippen molar-refractivity contribution in [2.24, 2.45) is 0 Å². The fourth-order valence-electron chi connectivity index (χ4n) is 1.80. The zero-order valence-corrected chi connectivity index (χ0v) is 13.1.